The number of nitrogens with zero attached hydrogens (tertiary/aromatic N) is 4. The lowest BCUT2D eigenvalue weighted by Gasteiger charge is -2.28. The Labute approximate surface area is 147 Å². The zero-order valence-electron chi connectivity index (χ0n) is 14.7. The molecular weight excluding hydrogens is 320 g/mol. The first-order valence-corrected chi connectivity index (χ1v) is 8.55. The van der Waals surface area contributed by atoms with E-state index in [2.05, 4.69) is 10.1 Å². The summed E-state index contributed by atoms with van der Waals surface area (Å²) in [6, 6.07) is 7.35. The lowest BCUT2D eigenvalue weighted by Crippen LogP contribution is -2.40. The molecule has 1 fully saturated rings. The van der Waals surface area contributed by atoms with E-state index < -0.39 is 6.04 Å². The molecule has 3 rings (SSSR count). The van der Waals surface area contributed by atoms with Gasteiger partial charge in [0.05, 0.1) is 13.2 Å². The lowest BCUT2D eigenvalue weighted by atomic mass is 10.1. The molecule has 2 heterocycles. The zero-order valence-corrected chi connectivity index (χ0v) is 14.7. The van der Waals surface area contributed by atoms with Crippen LogP contribution in [0.1, 0.15) is 31.4 Å². The Hall–Kier alpha value is -2.41. The van der Waals surface area contributed by atoms with E-state index >= 15 is 0 Å². The summed E-state index contributed by atoms with van der Waals surface area (Å²) in [4.78, 5) is 18.8. The number of rotatable bonds is 7. The third kappa shape index (κ3) is 4.17. The number of ether oxygens (including phenoxy) is 2. The SMILES string of the molecule is COc1ccccc1CN(CC1CCCO1)C(=O)C(C)n1cncn1. The monoisotopic (exact) mass is 344 g/mol. The summed E-state index contributed by atoms with van der Waals surface area (Å²) in [5.74, 6) is 0.771. The Morgan fingerprint density at radius 2 is 2.32 bits per heavy atom. The van der Waals surface area contributed by atoms with Crippen LogP contribution in [0, 0.1) is 0 Å². The summed E-state index contributed by atoms with van der Waals surface area (Å²) in [6.45, 7) is 3.64. The van der Waals surface area contributed by atoms with Crippen molar-refractivity contribution in [3.63, 3.8) is 0 Å². The lowest BCUT2D eigenvalue weighted by molar-refractivity contribution is -0.136. The third-order valence-corrected chi connectivity index (χ3v) is 4.50. The summed E-state index contributed by atoms with van der Waals surface area (Å²) in [6.07, 6.45) is 5.11. The molecule has 1 aliphatic rings. The topological polar surface area (TPSA) is 69.5 Å². The molecule has 7 nitrogen and oxygen atoms in total. The normalized spacial score (nSPS) is 18.1. The van der Waals surface area contributed by atoms with Gasteiger partial charge in [0, 0.05) is 25.3 Å². The van der Waals surface area contributed by atoms with Crippen molar-refractivity contribution < 1.29 is 14.3 Å². The van der Waals surface area contributed by atoms with Crippen molar-refractivity contribution in [1.29, 1.82) is 0 Å². The number of hydrogen-bond acceptors (Lipinski definition) is 5. The maximum Gasteiger partial charge on any atom is 0.247 e. The number of carbonyl (C=O) groups excluding carboxylic acids is 1. The number of aromatic nitrogens is 3. The van der Waals surface area contributed by atoms with Crippen molar-refractivity contribution in [2.24, 2.45) is 0 Å². The second-order valence-electron chi connectivity index (χ2n) is 6.22. The second kappa shape index (κ2) is 8.11. The van der Waals surface area contributed by atoms with Gasteiger partial charge >= 0.3 is 0 Å². The molecular formula is C18H24N4O3. The van der Waals surface area contributed by atoms with Crippen LogP contribution in [-0.4, -0.2) is 51.9 Å². The standard InChI is InChI=1S/C18H24N4O3/c1-14(22-13-19-12-20-22)18(23)21(11-16-7-5-9-25-16)10-15-6-3-4-8-17(15)24-2/h3-4,6,8,12-14,16H,5,7,9-11H2,1-2H3. The van der Waals surface area contributed by atoms with Crippen LogP contribution in [0.5, 0.6) is 5.75 Å². The number of benzene rings is 1. The molecule has 1 aromatic carbocycles. The van der Waals surface area contributed by atoms with Gasteiger partial charge in [-0.2, -0.15) is 5.10 Å². The maximum atomic E-state index is 13.1. The van der Waals surface area contributed by atoms with Gasteiger partial charge in [0.25, 0.3) is 0 Å². The van der Waals surface area contributed by atoms with Crippen molar-refractivity contribution >= 4 is 5.91 Å². The molecule has 134 valence electrons. The summed E-state index contributed by atoms with van der Waals surface area (Å²) in [7, 11) is 1.64. The quantitative estimate of drug-likeness (QED) is 0.769. The van der Waals surface area contributed by atoms with Crippen LogP contribution in [-0.2, 0) is 16.1 Å². The Kier molecular flexibility index (Phi) is 5.65. The van der Waals surface area contributed by atoms with Gasteiger partial charge in [-0.3, -0.25) is 4.79 Å². The van der Waals surface area contributed by atoms with Gasteiger partial charge in [0.2, 0.25) is 5.91 Å². The molecule has 1 aliphatic heterocycles. The summed E-state index contributed by atoms with van der Waals surface area (Å²) >= 11 is 0. The first-order chi connectivity index (χ1) is 12.2. The minimum absolute atomic E-state index is 0.00749. The molecule has 25 heavy (non-hydrogen) atoms. The second-order valence-corrected chi connectivity index (χ2v) is 6.22. The summed E-state index contributed by atoms with van der Waals surface area (Å²) in [5.41, 5.74) is 0.974. The van der Waals surface area contributed by atoms with Crippen LogP contribution >= 0.6 is 0 Å². The number of methoxy groups -OCH3 is 1. The molecule has 1 aromatic heterocycles. The molecule has 1 amide bonds. The van der Waals surface area contributed by atoms with Crippen LogP contribution < -0.4 is 4.74 Å². The highest BCUT2D eigenvalue weighted by atomic mass is 16.5. The van der Waals surface area contributed by atoms with Crippen LogP contribution in [0.4, 0.5) is 0 Å². The van der Waals surface area contributed by atoms with Crippen molar-refractivity contribution in [1.82, 2.24) is 19.7 Å². The van der Waals surface area contributed by atoms with E-state index in [0.717, 1.165) is 30.8 Å². The average Bonchev–Trinajstić information content (AvgIpc) is 3.34. The minimum Gasteiger partial charge on any atom is -0.496 e. The van der Waals surface area contributed by atoms with Crippen molar-refractivity contribution in [2.75, 3.05) is 20.3 Å². The molecule has 0 radical (unpaired) electrons. The predicted molar refractivity (Wildman–Crippen MR) is 92.1 cm³/mol. The Bertz CT molecular complexity index is 683. The van der Waals surface area contributed by atoms with Gasteiger partial charge in [0.15, 0.2) is 0 Å². The highest BCUT2D eigenvalue weighted by Crippen LogP contribution is 2.23. The van der Waals surface area contributed by atoms with Crippen molar-refractivity contribution in [3.8, 4) is 5.75 Å². The first-order valence-electron chi connectivity index (χ1n) is 8.55. The fraction of sp³-hybridized carbons (Fsp3) is 0.500. The van der Waals surface area contributed by atoms with Crippen LogP contribution in [0.2, 0.25) is 0 Å². The molecule has 2 atom stereocenters. The van der Waals surface area contributed by atoms with E-state index in [9.17, 15) is 4.79 Å². The van der Waals surface area contributed by atoms with Gasteiger partial charge in [-0.15, -0.1) is 0 Å². The van der Waals surface area contributed by atoms with Gasteiger partial charge in [-0.1, -0.05) is 18.2 Å². The highest BCUT2D eigenvalue weighted by molar-refractivity contribution is 5.80. The largest absolute Gasteiger partial charge is 0.496 e. The van der Waals surface area contributed by atoms with Gasteiger partial charge in [0.1, 0.15) is 24.4 Å². The van der Waals surface area contributed by atoms with Crippen molar-refractivity contribution in [3.05, 3.63) is 42.5 Å². The fourth-order valence-corrected chi connectivity index (χ4v) is 3.10. The van der Waals surface area contributed by atoms with Crippen LogP contribution in [0.15, 0.2) is 36.9 Å². The van der Waals surface area contributed by atoms with Gasteiger partial charge < -0.3 is 14.4 Å². The summed E-state index contributed by atoms with van der Waals surface area (Å²) in [5, 5.41) is 4.09. The molecule has 7 heteroatoms. The molecule has 0 N–H and O–H groups in total. The average molecular weight is 344 g/mol. The Balaban J connectivity index is 1.79. The van der Waals surface area contributed by atoms with Gasteiger partial charge in [-0.25, -0.2) is 9.67 Å². The maximum absolute atomic E-state index is 13.1. The molecule has 2 unspecified atom stereocenters. The molecule has 0 aliphatic carbocycles. The number of carbonyl (C=O) groups is 1. The highest BCUT2D eigenvalue weighted by Gasteiger charge is 2.27. The Morgan fingerprint density at radius 1 is 1.48 bits per heavy atom. The minimum atomic E-state index is -0.418. The number of hydrogen-bond donors (Lipinski definition) is 0. The van der Waals surface area contributed by atoms with E-state index in [4.69, 9.17) is 9.47 Å². The first kappa shape index (κ1) is 17.4. The van der Waals surface area contributed by atoms with E-state index in [1.165, 1.54) is 6.33 Å². The van der Waals surface area contributed by atoms with E-state index in [0.29, 0.717) is 13.1 Å². The van der Waals surface area contributed by atoms with Crippen molar-refractivity contribution in [2.45, 2.75) is 38.5 Å². The molecule has 1 saturated heterocycles. The predicted octanol–water partition coefficient (Wildman–Crippen LogP) is 2.06. The zero-order chi connectivity index (χ0) is 17.6. The fourth-order valence-electron chi connectivity index (χ4n) is 3.10. The molecule has 0 spiro atoms. The number of amides is 1. The van der Waals surface area contributed by atoms with Crippen LogP contribution in [0.25, 0.3) is 0 Å². The third-order valence-electron chi connectivity index (χ3n) is 4.50. The molecule has 2 aromatic rings. The Morgan fingerprint density at radius 3 is 3.00 bits per heavy atom. The van der Waals surface area contributed by atoms with Crippen LogP contribution in [0.3, 0.4) is 0 Å². The smallest absolute Gasteiger partial charge is 0.247 e. The number of para-hydroxylation sites is 1. The summed E-state index contributed by atoms with van der Waals surface area (Å²) < 4.78 is 12.7. The molecule has 0 saturated carbocycles. The van der Waals surface area contributed by atoms with E-state index in [1.54, 1.807) is 18.1 Å². The van der Waals surface area contributed by atoms with E-state index in [-0.39, 0.29) is 12.0 Å². The van der Waals surface area contributed by atoms with Gasteiger partial charge in [-0.05, 0) is 25.8 Å². The molecule has 0 bridgehead atoms. The van der Waals surface area contributed by atoms with E-state index in [1.807, 2.05) is 36.1 Å².